The molecule has 26 heavy (non-hydrogen) atoms. The smallest absolute Gasteiger partial charge is 0.380 e. The number of likely N-dealkylation sites (N-methyl/N-ethyl adjacent to an activating group) is 1. The second-order valence-electron chi connectivity index (χ2n) is 5.95. The summed E-state index contributed by atoms with van der Waals surface area (Å²) in [4.78, 5) is 3.50. The fourth-order valence-electron chi connectivity index (χ4n) is 2.49. The summed E-state index contributed by atoms with van der Waals surface area (Å²) in [6.07, 6.45) is -5.27. The van der Waals surface area contributed by atoms with Crippen molar-refractivity contribution in [3.8, 4) is 6.07 Å². The van der Waals surface area contributed by atoms with E-state index in [1.807, 2.05) is 6.92 Å². The molecular formula is C18H24F3N3O2. The summed E-state index contributed by atoms with van der Waals surface area (Å²) in [5.74, 6) is 0. The van der Waals surface area contributed by atoms with E-state index in [9.17, 15) is 13.2 Å². The van der Waals surface area contributed by atoms with Gasteiger partial charge in [-0.05, 0) is 25.1 Å². The molecule has 1 aromatic rings. The molecular weight excluding hydrogens is 347 g/mol. The second-order valence-corrected chi connectivity index (χ2v) is 5.95. The maximum atomic E-state index is 13.3. The number of halogens is 3. The zero-order chi connectivity index (χ0) is 20.1. The van der Waals surface area contributed by atoms with Crippen molar-refractivity contribution in [1.82, 2.24) is 4.90 Å². The molecule has 0 spiro atoms. The van der Waals surface area contributed by atoms with Crippen LogP contribution in [-0.2, 0) is 15.7 Å². The third-order valence-electron chi connectivity index (χ3n) is 4.16. The highest BCUT2D eigenvalue weighted by Gasteiger charge is 2.35. The highest BCUT2D eigenvalue weighted by atomic mass is 19.4. The Morgan fingerprint density at radius 3 is 2.27 bits per heavy atom. The van der Waals surface area contributed by atoms with Gasteiger partial charge in [0.15, 0.2) is 6.29 Å². The first-order valence-electron chi connectivity index (χ1n) is 7.86. The molecule has 0 N–H and O–H groups in total. The van der Waals surface area contributed by atoms with Crippen molar-refractivity contribution in [2.75, 3.05) is 39.8 Å². The Kier molecular flexibility index (Phi) is 7.48. The van der Waals surface area contributed by atoms with Gasteiger partial charge in [-0.2, -0.15) is 18.4 Å². The molecule has 5 nitrogen and oxygen atoms in total. The van der Waals surface area contributed by atoms with E-state index in [0.717, 1.165) is 6.07 Å². The van der Waals surface area contributed by atoms with E-state index in [1.54, 1.807) is 30.0 Å². The monoisotopic (exact) mass is 371 g/mol. The van der Waals surface area contributed by atoms with Crippen molar-refractivity contribution in [1.29, 1.82) is 5.26 Å². The molecule has 0 heterocycles. The van der Waals surface area contributed by atoms with E-state index in [2.05, 4.69) is 6.58 Å². The van der Waals surface area contributed by atoms with Crippen LogP contribution in [0.25, 0.3) is 0 Å². The normalized spacial score (nSPS) is 12.6. The van der Waals surface area contributed by atoms with Gasteiger partial charge in [0, 0.05) is 39.7 Å². The van der Waals surface area contributed by atoms with Crippen LogP contribution in [0.5, 0.6) is 0 Å². The summed E-state index contributed by atoms with van der Waals surface area (Å²) in [5, 5.41) is 8.98. The lowest BCUT2D eigenvalue weighted by molar-refractivity contribution is -0.137. The molecule has 0 aliphatic carbocycles. The highest BCUT2D eigenvalue weighted by Crippen LogP contribution is 2.35. The SMILES string of the molecule is C=C(C(C)N(CC(OC)OC)c1ccc(C#N)c(C(F)(F)F)c1)N(C)C. The average molecular weight is 371 g/mol. The number of benzene rings is 1. The minimum absolute atomic E-state index is 0.185. The molecule has 1 unspecified atom stereocenters. The van der Waals surface area contributed by atoms with Gasteiger partial charge in [-0.15, -0.1) is 0 Å². The summed E-state index contributed by atoms with van der Waals surface area (Å²) in [7, 11) is 6.53. The first-order valence-corrected chi connectivity index (χ1v) is 7.86. The number of hydrogen-bond donors (Lipinski definition) is 0. The van der Waals surface area contributed by atoms with E-state index in [0.29, 0.717) is 11.4 Å². The van der Waals surface area contributed by atoms with Gasteiger partial charge in [-0.1, -0.05) is 6.58 Å². The molecule has 0 aromatic heterocycles. The summed E-state index contributed by atoms with van der Waals surface area (Å²) in [6.45, 7) is 6.01. The lowest BCUT2D eigenvalue weighted by atomic mass is 10.0. The largest absolute Gasteiger partial charge is 0.417 e. The fourth-order valence-corrected chi connectivity index (χ4v) is 2.49. The molecule has 0 aliphatic heterocycles. The molecule has 144 valence electrons. The Bertz CT molecular complexity index is 665. The molecule has 1 atom stereocenters. The number of methoxy groups -OCH3 is 2. The van der Waals surface area contributed by atoms with Gasteiger partial charge >= 0.3 is 6.18 Å². The maximum absolute atomic E-state index is 13.3. The first kappa shape index (κ1) is 21.8. The van der Waals surface area contributed by atoms with Gasteiger partial charge in [-0.25, -0.2) is 0 Å². The van der Waals surface area contributed by atoms with Crippen LogP contribution in [0, 0.1) is 11.3 Å². The third-order valence-corrected chi connectivity index (χ3v) is 4.16. The minimum atomic E-state index is -4.63. The maximum Gasteiger partial charge on any atom is 0.417 e. The van der Waals surface area contributed by atoms with Crippen molar-refractivity contribution in [3.05, 3.63) is 41.6 Å². The zero-order valence-corrected chi connectivity index (χ0v) is 15.6. The van der Waals surface area contributed by atoms with Gasteiger partial charge in [0.1, 0.15) is 0 Å². The van der Waals surface area contributed by atoms with Crippen LogP contribution >= 0.6 is 0 Å². The van der Waals surface area contributed by atoms with Crippen LogP contribution in [0.2, 0.25) is 0 Å². The second kappa shape index (κ2) is 8.92. The summed E-state index contributed by atoms with van der Waals surface area (Å²) >= 11 is 0. The van der Waals surface area contributed by atoms with Gasteiger partial charge in [0.2, 0.25) is 0 Å². The fraction of sp³-hybridized carbons (Fsp3) is 0.500. The number of alkyl halides is 3. The van der Waals surface area contributed by atoms with Gasteiger partial charge in [0.25, 0.3) is 0 Å². The van der Waals surface area contributed by atoms with Crippen LogP contribution in [0.4, 0.5) is 18.9 Å². The van der Waals surface area contributed by atoms with Crippen molar-refractivity contribution in [3.63, 3.8) is 0 Å². The van der Waals surface area contributed by atoms with Crippen molar-refractivity contribution < 1.29 is 22.6 Å². The van der Waals surface area contributed by atoms with Crippen LogP contribution in [0.15, 0.2) is 30.5 Å². The van der Waals surface area contributed by atoms with Crippen molar-refractivity contribution in [2.45, 2.75) is 25.4 Å². The molecule has 0 aliphatic rings. The van der Waals surface area contributed by atoms with Crippen molar-refractivity contribution in [2.24, 2.45) is 0 Å². The first-order chi connectivity index (χ1) is 12.1. The van der Waals surface area contributed by atoms with E-state index >= 15 is 0 Å². The quantitative estimate of drug-likeness (QED) is 0.655. The van der Waals surface area contributed by atoms with Crippen LogP contribution < -0.4 is 4.90 Å². The van der Waals surface area contributed by atoms with E-state index in [4.69, 9.17) is 14.7 Å². The molecule has 0 saturated heterocycles. The number of nitriles is 1. The standard InChI is InChI=1S/C18H24F3N3O2/c1-12(23(3)4)13(2)24(11-17(25-5)26-6)15-8-7-14(10-22)16(9-15)18(19,20)21/h7-9,13,17H,1,11H2,2-6H3. The van der Waals surface area contributed by atoms with Crippen LogP contribution in [0.3, 0.4) is 0 Å². The van der Waals surface area contributed by atoms with E-state index in [1.165, 1.54) is 26.4 Å². The van der Waals surface area contributed by atoms with Crippen molar-refractivity contribution >= 4 is 5.69 Å². The molecule has 0 amide bonds. The Labute approximate surface area is 152 Å². The molecule has 1 aromatic carbocycles. The topological polar surface area (TPSA) is 48.7 Å². The number of nitrogens with zero attached hydrogens (tertiary/aromatic N) is 3. The van der Waals surface area contributed by atoms with Gasteiger partial charge < -0.3 is 19.3 Å². The van der Waals surface area contributed by atoms with Gasteiger partial charge in [0.05, 0.1) is 29.8 Å². The average Bonchev–Trinajstić information content (AvgIpc) is 2.60. The molecule has 8 heteroatoms. The Morgan fingerprint density at radius 2 is 1.85 bits per heavy atom. The summed E-state index contributed by atoms with van der Waals surface area (Å²) < 4.78 is 50.4. The van der Waals surface area contributed by atoms with E-state index in [-0.39, 0.29) is 12.6 Å². The number of anilines is 1. The molecule has 0 fully saturated rings. The Balaban J connectivity index is 3.42. The summed E-state index contributed by atoms with van der Waals surface area (Å²) in [5.41, 5.74) is -0.397. The highest BCUT2D eigenvalue weighted by molar-refractivity contribution is 5.56. The molecule has 0 saturated carbocycles. The number of ether oxygens (including phenoxy) is 2. The predicted molar refractivity (Wildman–Crippen MR) is 93.6 cm³/mol. The summed E-state index contributed by atoms with van der Waals surface area (Å²) in [6, 6.07) is 4.89. The Morgan fingerprint density at radius 1 is 1.27 bits per heavy atom. The molecule has 1 rings (SSSR count). The van der Waals surface area contributed by atoms with Crippen LogP contribution in [0.1, 0.15) is 18.1 Å². The third kappa shape index (κ3) is 5.13. The van der Waals surface area contributed by atoms with Crippen LogP contribution in [-0.4, -0.2) is 52.1 Å². The van der Waals surface area contributed by atoms with E-state index < -0.39 is 23.6 Å². The number of rotatable bonds is 8. The van der Waals surface area contributed by atoms with Gasteiger partial charge in [-0.3, -0.25) is 0 Å². The zero-order valence-electron chi connectivity index (χ0n) is 15.6. The Hall–Kier alpha value is -2.24. The predicted octanol–water partition coefficient (Wildman–Crippen LogP) is 3.47. The number of hydrogen-bond acceptors (Lipinski definition) is 5. The lowest BCUT2D eigenvalue weighted by Crippen LogP contribution is -2.43. The molecule has 0 bridgehead atoms. The molecule has 0 radical (unpaired) electrons. The minimum Gasteiger partial charge on any atom is -0.380 e. The lowest BCUT2D eigenvalue weighted by Gasteiger charge is -2.37.